The lowest BCUT2D eigenvalue weighted by atomic mass is 10.0. The monoisotopic (exact) mass is 280 g/mol. The van der Waals surface area contributed by atoms with Crippen molar-refractivity contribution >= 4 is 0 Å². The number of aromatic hydroxyl groups is 1. The Bertz CT molecular complexity index is 750. The predicted octanol–water partition coefficient (Wildman–Crippen LogP) is 2.97. The number of phenols is 1. The molecule has 0 aliphatic carbocycles. The van der Waals surface area contributed by atoms with E-state index in [2.05, 4.69) is 5.10 Å². The summed E-state index contributed by atoms with van der Waals surface area (Å²) in [5.74, 6) is 0.0839. The lowest BCUT2D eigenvalue weighted by Crippen LogP contribution is -1.99. The third-order valence-corrected chi connectivity index (χ3v) is 3.42. The van der Waals surface area contributed by atoms with Gasteiger partial charge in [-0.25, -0.2) is 4.68 Å². The Labute approximate surface area is 122 Å². The van der Waals surface area contributed by atoms with E-state index in [0.717, 1.165) is 11.3 Å². The van der Waals surface area contributed by atoms with E-state index in [1.54, 1.807) is 35.3 Å². The second-order valence-corrected chi connectivity index (χ2v) is 5.02. The Morgan fingerprint density at radius 1 is 1.10 bits per heavy atom. The first kappa shape index (κ1) is 13.4. The molecule has 0 fully saturated rings. The first-order valence-corrected chi connectivity index (χ1v) is 6.73. The molecule has 0 aliphatic rings. The molecule has 2 N–H and O–H groups in total. The molecule has 0 saturated heterocycles. The smallest absolute Gasteiger partial charge is 0.121 e. The summed E-state index contributed by atoms with van der Waals surface area (Å²) in [4.78, 5) is 0. The molecule has 3 aromatic rings. The molecule has 1 aromatic heterocycles. The molecule has 1 heterocycles. The molecule has 0 spiro atoms. The van der Waals surface area contributed by atoms with Crippen LogP contribution in [-0.2, 0) is 0 Å². The third kappa shape index (κ3) is 2.66. The van der Waals surface area contributed by atoms with E-state index in [9.17, 15) is 10.2 Å². The van der Waals surface area contributed by atoms with Crippen molar-refractivity contribution in [3.05, 3.63) is 77.6 Å². The lowest BCUT2D eigenvalue weighted by molar-refractivity contribution is 0.215. The SMILES string of the molecule is Cc1ccc(O)c([C@H](O)c2cnn(-c3ccccc3)c2)c1. The Balaban J connectivity index is 1.94. The van der Waals surface area contributed by atoms with E-state index in [1.165, 1.54) is 0 Å². The van der Waals surface area contributed by atoms with Crippen molar-refractivity contribution in [3.8, 4) is 11.4 Å². The maximum absolute atomic E-state index is 10.4. The minimum atomic E-state index is -0.901. The maximum atomic E-state index is 10.4. The number of rotatable bonds is 3. The van der Waals surface area contributed by atoms with Gasteiger partial charge in [-0.15, -0.1) is 0 Å². The second-order valence-electron chi connectivity index (χ2n) is 5.02. The summed E-state index contributed by atoms with van der Waals surface area (Å²) >= 11 is 0. The van der Waals surface area contributed by atoms with E-state index in [1.807, 2.05) is 37.3 Å². The first-order chi connectivity index (χ1) is 10.1. The van der Waals surface area contributed by atoms with E-state index >= 15 is 0 Å². The van der Waals surface area contributed by atoms with Gasteiger partial charge in [0, 0.05) is 17.3 Å². The van der Waals surface area contributed by atoms with Gasteiger partial charge in [0.05, 0.1) is 11.9 Å². The van der Waals surface area contributed by atoms with Crippen LogP contribution in [0.15, 0.2) is 60.9 Å². The van der Waals surface area contributed by atoms with E-state index in [0.29, 0.717) is 11.1 Å². The molecule has 0 bridgehead atoms. The normalized spacial score (nSPS) is 12.3. The van der Waals surface area contributed by atoms with Crippen molar-refractivity contribution in [3.63, 3.8) is 0 Å². The molecule has 2 aromatic carbocycles. The van der Waals surface area contributed by atoms with Crippen molar-refractivity contribution in [1.82, 2.24) is 9.78 Å². The van der Waals surface area contributed by atoms with Crippen LogP contribution in [-0.4, -0.2) is 20.0 Å². The van der Waals surface area contributed by atoms with Gasteiger partial charge in [-0.05, 0) is 31.2 Å². The van der Waals surface area contributed by atoms with Crippen LogP contribution >= 0.6 is 0 Å². The number of benzene rings is 2. The van der Waals surface area contributed by atoms with Crippen molar-refractivity contribution in [2.24, 2.45) is 0 Å². The van der Waals surface area contributed by atoms with Gasteiger partial charge >= 0.3 is 0 Å². The van der Waals surface area contributed by atoms with E-state index in [-0.39, 0.29) is 5.75 Å². The van der Waals surface area contributed by atoms with E-state index < -0.39 is 6.10 Å². The second kappa shape index (κ2) is 5.42. The fourth-order valence-corrected chi connectivity index (χ4v) is 2.27. The van der Waals surface area contributed by atoms with Crippen LogP contribution in [0, 0.1) is 6.92 Å². The molecule has 0 radical (unpaired) electrons. The van der Waals surface area contributed by atoms with Gasteiger partial charge in [-0.1, -0.05) is 29.8 Å². The zero-order chi connectivity index (χ0) is 14.8. The van der Waals surface area contributed by atoms with Crippen LogP contribution in [0.25, 0.3) is 5.69 Å². The van der Waals surface area contributed by atoms with Crippen LogP contribution in [0.3, 0.4) is 0 Å². The van der Waals surface area contributed by atoms with Gasteiger partial charge in [0.2, 0.25) is 0 Å². The quantitative estimate of drug-likeness (QED) is 0.775. The first-order valence-electron chi connectivity index (χ1n) is 6.73. The number of aliphatic hydroxyl groups excluding tert-OH is 1. The molecular weight excluding hydrogens is 264 g/mol. The number of phenolic OH excluding ortho intramolecular Hbond substituents is 1. The zero-order valence-electron chi connectivity index (χ0n) is 11.6. The summed E-state index contributed by atoms with van der Waals surface area (Å²) in [5.41, 5.74) is 3.03. The van der Waals surface area contributed by atoms with Crippen LogP contribution < -0.4 is 0 Å². The molecule has 21 heavy (non-hydrogen) atoms. The molecule has 4 heteroatoms. The summed E-state index contributed by atoms with van der Waals surface area (Å²) in [6.07, 6.45) is 2.48. The Hall–Kier alpha value is -2.59. The number of para-hydroxylation sites is 1. The third-order valence-electron chi connectivity index (χ3n) is 3.42. The standard InChI is InChI=1S/C17H16N2O2/c1-12-7-8-16(20)15(9-12)17(21)13-10-18-19(11-13)14-5-3-2-4-6-14/h2-11,17,20-21H,1H3/t17-/m1/s1. The molecule has 4 nitrogen and oxygen atoms in total. The number of hydrogen-bond donors (Lipinski definition) is 2. The van der Waals surface area contributed by atoms with Crippen LogP contribution in [0.1, 0.15) is 22.8 Å². The average Bonchev–Trinajstić information content (AvgIpc) is 3.00. The van der Waals surface area contributed by atoms with Crippen molar-refractivity contribution < 1.29 is 10.2 Å². The van der Waals surface area contributed by atoms with Gasteiger partial charge in [0.15, 0.2) is 0 Å². The van der Waals surface area contributed by atoms with Gasteiger partial charge in [0.25, 0.3) is 0 Å². The summed E-state index contributed by atoms with van der Waals surface area (Å²) in [6, 6.07) is 14.8. The number of hydrogen-bond acceptors (Lipinski definition) is 3. The maximum Gasteiger partial charge on any atom is 0.121 e. The minimum absolute atomic E-state index is 0.0839. The summed E-state index contributed by atoms with van der Waals surface area (Å²) in [7, 11) is 0. The van der Waals surface area contributed by atoms with Crippen LogP contribution in [0.4, 0.5) is 0 Å². The summed E-state index contributed by atoms with van der Waals surface area (Å²) < 4.78 is 1.70. The highest BCUT2D eigenvalue weighted by molar-refractivity contribution is 5.41. The molecule has 0 aliphatic heterocycles. The number of nitrogens with zero attached hydrogens (tertiary/aromatic N) is 2. The predicted molar refractivity (Wildman–Crippen MR) is 80.5 cm³/mol. The molecule has 3 rings (SSSR count). The molecule has 0 amide bonds. The van der Waals surface area contributed by atoms with Gasteiger partial charge in [-0.2, -0.15) is 5.10 Å². The average molecular weight is 280 g/mol. The summed E-state index contributed by atoms with van der Waals surface area (Å²) in [6.45, 7) is 1.92. The van der Waals surface area contributed by atoms with Crippen molar-refractivity contribution in [2.45, 2.75) is 13.0 Å². The highest BCUT2D eigenvalue weighted by Crippen LogP contribution is 2.30. The van der Waals surface area contributed by atoms with Crippen molar-refractivity contribution in [1.29, 1.82) is 0 Å². The Kier molecular flexibility index (Phi) is 3.46. The van der Waals surface area contributed by atoms with E-state index in [4.69, 9.17) is 0 Å². The zero-order valence-corrected chi connectivity index (χ0v) is 11.6. The van der Waals surface area contributed by atoms with Gasteiger partial charge in [-0.3, -0.25) is 0 Å². The topological polar surface area (TPSA) is 58.3 Å². The number of aryl methyl sites for hydroxylation is 1. The lowest BCUT2D eigenvalue weighted by Gasteiger charge is -2.11. The molecule has 106 valence electrons. The van der Waals surface area contributed by atoms with Gasteiger partial charge in [0.1, 0.15) is 11.9 Å². The summed E-state index contributed by atoms with van der Waals surface area (Å²) in [5, 5.41) is 24.6. The molecule has 0 saturated carbocycles. The largest absolute Gasteiger partial charge is 0.508 e. The van der Waals surface area contributed by atoms with Gasteiger partial charge < -0.3 is 10.2 Å². The van der Waals surface area contributed by atoms with Crippen molar-refractivity contribution in [2.75, 3.05) is 0 Å². The number of aliphatic hydroxyl groups is 1. The Morgan fingerprint density at radius 3 is 2.62 bits per heavy atom. The molecular formula is C17H16N2O2. The Morgan fingerprint density at radius 2 is 1.86 bits per heavy atom. The fourth-order valence-electron chi connectivity index (χ4n) is 2.27. The number of aromatic nitrogens is 2. The highest BCUT2D eigenvalue weighted by atomic mass is 16.3. The van der Waals surface area contributed by atoms with Crippen LogP contribution in [0.2, 0.25) is 0 Å². The highest BCUT2D eigenvalue weighted by Gasteiger charge is 2.16. The molecule has 0 unspecified atom stereocenters. The fraction of sp³-hybridized carbons (Fsp3) is 0.118. The minimum Gasteiger partial charge on any atom is -0.508 e. The molecule has 1 atom stereocenters. The van der Waals surface area contributed by atoms with Crippen LogP contribution in [0.5, 0.6) is 5.75 Å².